The first-order chi connectivity index (χ1) is 8.99. The maximum Gasteiger partial charge on any atom is 0.146 e. The average molecular weight is 265 g/mol. The summed E-state index contributed by atoms with van der Waals surface area (Å²) in [6.07, 6.45) is 4.10. The number of aliphatic hydroxyl groups is 1. The molecule has 1 atom stereocenters. The van der Waals surface area contributed by atoms with Gasteiger partial charge in [0.25, 0.3) is 0 Å². The van der Waals surface area contributed by atoms with Crippen LogP contribution in [-0.2, 0) is 0 Å². The van der Waals surface area contributed by atoms with E-state index >= 15 is 0 Å². The van der Waals surface area contributed by atoms with E-state index in [2.05, 4.69) is 11.8 Å². The highest BCUT2D eigenvalue weighted by molar-refractivity contribution is 5.49. The van der Waals surface area contributed by atoms with Gasteiger partial charge in [0.05, 0.1) is 11.8 Å². The Bertz CT molecular complexity index is 425. The predicted molar refractivity (Wildman–Crippen MR) is 76.9 cm³/mol. The van der Waals surface area contributed by atoms with E-state index in [-0.39, 0.29) is 5.82 Å². The summed E-state index contributed by atoms with van der Waals surface area (Å²) in [5.74, 6) is 0.562. The van der Waals surface area contributed by atoms with Crippen LogP contribution in [0.4, 0.5) is 10.1 Å². The first-order valence-corrected chi connectivity index (χ1v) is 7.19. The number of hydrogen-bond donors (Lipinski definition) is 1. The number of aliphatic hydroxyl groups excluding tert-OH is 1. The molecule has 2 nitrogen and oxygen atoms in total. The molecule has 19 heavy (non-hydrogen) atoms. The molecule has 1 aromatic rings. The van der Waals surface area contributed by atoms with Gasteiger partial charge in [0.1, 0.15) is 5.82 Å². The molecule has 1 aliphatic rings. The Morgan fingerprint density at radius 2 is 1.89 bits per heavy atom. The SMILES string of the molecule is CC1CCC(N(C)c2ccc(C(C)O)cc2F)CC1. The van der Waals surface area contributed by atoms with Crippen LogP contribution in [0.15, 0.2) is 18.2 Å². The fourth-order valence-corrected chi connectivity index (χ4v) is 2.90. The van der Waals surface area contributed by atoms with Crippen LogP contribution in [0.3, 0.4) is 0 Å². The molecule has 0 radical (unpaired) electrons. The summed E-state index contributed by atoms with van der Waals surface area (Å²) in [7, 11) is 1.97. The molecule has 1 aliphatic carbocycles. The quantitative estimate of drug-likeness (QED) is 0.896. The molecule has 1 fully saturated rings. The average Bonchev–Trinajstić information content (AvgIpc) is 2.38. The van der Waals surface area contributed by atoms with Crippen LogP contribution in [0.2, 0.25) is 0 Å². The largest absolute Gasteiger partial charge is 0.389 e. The van der Waals surface area contributed by atoms with Gasteiger partial charge < -0.3 is 10.0 Å². The summed E-state index contributed by atoms with van der Waals surface area (Å²) in [5.41, 5.74) is 1.27. The van der Waals surface area contributed by atoms with Gasteiger partial charge in [0, 0.05) is 13.1 Å². The Kier molecular flexibility index (Phi) is 4.46. The number of nitrogens with zero attached hydrogens (tertiary/aromatic N) is 1. The third-order valence-electron chi connectivity index (χ3n) is 4.37. The van der Waals surface area contributed by atoms with Crippen molar-refractivity contribution in [1.82, 2.24) is 0 Å². The van der Waals surface area contributed by atoms with Crippen molar-refractivity contribution in [1.29, 1.82) is 0 Å². The lowest BCUT2D eigenvalue weighted by atomic mass is 9.86. The van der Waals surface area contributed by atoms with E-state index in [9.17, 15) is 9.50 Å². The van der Waals surface area contributed by atoms with Crippen LogP contribution >= 0.6 is 0 Å². The molecular weight excluding hydrogens is 241 g/mol. The molecule has 2 rings (SSSR count). The molecule has 1 aromatic carbocycles. The topological polar surface area (TPSA) is 23.5 Å². The maximum atomic E-state index is 14.1. The first kappa shape index (κ1) is 14.3. The number of halogens is 1. The number of rotatable bonds is 3. The van der Waals surface area contributed by atoms with E-state index in [4.69, 9.17) is 0 Å². The molecule has 0 amide bonds. The van der Waals surface area contributed by atoms with Crippen molar-refractivity contribution in [2.45, 2.75) is 51.7 Å². The second-order valence-electron chi connectivity index (χ2n) is 5.91. The molecule has 0 spiro atoms. The number of anilines is 1. The van der Waals surface area contributed by atoms with Crippen LogP contribution < -0.4 is 4.90 Å². The van der Waals surface area contributed by atoms with Gasteiger partial charge in [-0.05, 0) is 56.2 Å². The molecule has 3 heteroatoms. The summed E-state index contributed by atoms with van der Waals surface area (Å²) in [4.78, 5) is 2.06. The zero-order valence-electron chi connectivity index (χ0n) is 12.1. The van der Waals surface area contributed by atoms with E-state index < -0.39 is 6.10 Å². The van der Waals surface area contributed by atoms with E-state index in [1.165, 1.54) is 18.9 Å². The van der Waals surface area contributed by atoms with Gasteiger partial charge in [-0.3, -0.25) is 0 Å². The third kappa shape index (κ3) is 3.27. The van der Waals surface area contributed by atoms with Gasteiger partial charge in [-0.15, -0.1) is 0 Å². The minimum atomic E-state index is -0.621. The van der Waals surface area contributed by atoms with Crippen LogP contribution in [0.25, 0.3) is 0 Å². The molecule has 1 N–H and O–H groups in total. The zero-order chi connectivity index (χ0) is 14.0. The van der Waals surface area contributed by atoms with Gasteiger partial charge in [-0.25, -0.2) is 4.39 Å². The van der Waals surface area contributed by atoms with Crippen LogP contribution in [0.5, 0.6) is 0 Å². The van der Waals surface area contributed by atoms with Crippen molar-refractivity contribution < 1.29 is 9.50 Å². The Hall–Kier alpha value is -1.09. The first-order valence-electron chi connectivity index (χ1n) is 7.19. The minimum absolute atomic E-state index is 0.237. The number of hydrogen-bond acceptors (Lipinski definition) is 2. The molecule has 0 saturated heterocycles. The van der Waals surface area contributed by atoms with E-state index in [1.54, 1.807) is 13.0 Å². The normalized spacial score (nSPS) is 25.1. The Morgan fingerprint density at radius 3 is 2.42 bits per heavy atom. The van der Waals surface area contributed by atoms with E-state index in [0.29, 0.717) is 17.3 Å². The lowest BCUT2D eigenvalue weighted by Crippen LogP contribution is -2.35. The predicted octanol–water partition coefficient (Wildman–Crippen LogP) is 3.89. The van der Waals surface area contributed by atoms with Crippen LogP contribution in [-0.4, -0.2) is 18.2 Å². The molecule has 1 unspecified atom stereocenters. The van der Waals surface area contributed by atoms with E-state index in [1.807, 2.05) is 13.1 Å². The van der Waals surface area contributed by atoms with Crippen molar-refractivity contribution in [3.63, 3.8) is 0 Å². The fraction of sp³-hybridized carbons (Fsp3) is 0.625. The molecule has 0 aromatic heterocycles. The number of benzene rings is 1. The Labute approximate surface area is 115 Å². The standard InChI is InChI=1S/C16H24FNO/c1-11-4-7-14(8-5-11)18(3)16-9-6-13(12(2)19)10-15(16)17/h6,9-12,14,19H,4-5,7-8H2,1-3H3. The lowest BCUT2D eigenvalue weighted by Gasteiger charge is -2.35. The minimum Gasteiger partial charge on any atom is -0.389 e. The second kappa shape index (κ2) is 5.91. The highest BCUT2D eigenvalue weighted by atomic mass is 19.1. The van der Waals surface area contributed by atoms with Crippen LogP contribution in [0, 0.1) is 11.7 Å². The van der Waals surface area contributed by atoms with Crippen molar-refractivity contribution in [3.05, 3.63) is 29.6 Å². The third-order valence-corrected chi connectivity index (χ3v) is 4.37. The Morgan fingerprint density at radius 1 is 1.26 bits per heavy atom. The lowest BCUT2D eigenvalue weighted by molar-refractivity contribution is 0.199. The van der Waals surface area contributed by atoms with Crippen molar-refractivity contribution in [2.75, 3.05) is 11.9 Å². The van der Waals surface area contributed by atoms with Gasteiger partial charge >= 0.3 is 0 Å². The van der Waals surface area contributed by atoms with Gasteiger partial charge in [0.2, 0.25) is 0 Å². The molecule has 0 aliphatic heterocycles. The Balaban J connectivity index is 2.12. The molecular formula is C16H24FNO. The van der Waals surface area contributed by atoms with Gasteiger partial charge in [-0.2, -0.15) is 0 Å². The molecule has 1 saturated carbocycles. The highest BCUT2D eigenvalue weighted by Gasteiger charge is 2.23. The molecule has 0 bridgehead atoms. The smallest absolute Gasteiger partial charge is 0.146 e. The van der Waals surface area contributed by atoms with Crippen molar-refractivity contribution in [3.8, 4) is 0 Å². The fourth-order valence-electron chi connectivity index (χ4n) is 2.90. The van der Waals surface area contributed by atoms with Gasteiger partial charge in [-0.1, -0.05) is 13.0 Å². The summed E-state index contributed by atoms with van der Waals surface area (Å²) in [5, 5.41) is 9.48. The second-order valence-corrected chi connectivity index (χ2v) is 5.91. The summed E-state index contributed by atoms with van der Waals surface area (Å²) in [6, 6.07) is 5.48. The maximum absolute atomic E-state index is 14.1. The van der Waals surface area contributed by atoms with Crippen molar-refractivity contribution >= 4 is 5.69 Å². The van der Waals surface area contributed by atoms with Crippen molar-refractivity contribution in [2.24, 2.45) is 5.92 Å². The van der Waals surface area contributed by atoms with Crippen LogP contribution in [0.1, 0.15) is 51.2 Å². The summed E-state index contributed by atoms with van der Waals surface area (Å²) >= 11 is 0. The summed E-state index contributed by atoms with van der Waals surface area (Å²) in [6.45, 7) is 3.94. The molecule has 0 heterocycles. The van der Waals surface area contributed by atoms with E-state index in [0.717, 1.165) is 18.8 Å². The molecule has 106 valence electrons. The highest BCUT2D eigenvalue weighted by Crippen LogP contribution is 2.31. The zero-order valence-corrected chi connectivity index (χ0v) is 12.1. The monoisotopic (exact) mass is 265 g/mol. The summed E-state index contributed by atoms with van der Waals surface area (Å²) < 4.78 is 14.1. The van der Waals surface area contributed by atoms with Gasteiger partial charge in [0.15, 0.2) is 0 Å².